The van der Waals surface area contributed by atoms with Crippen molar-refractivity contribution in [2.75, 3.05) is 11.0 Å². The van der Waals surface area contributed by atoms with Crippen LogP contribution in [0.3, 0.4) is 0 Å². The Labute approximate surface area is 122 Å². The molecule has 2 N–H and O–H groups in total. The predicted molar refractivity (Wildman–Crippen MR) is 79.4 cm³/mol. The van der Waals surface area contributed by atoms with Gasteiger partial charge in [0.25, 0.3) is 10.0 Å². The van der Waals surface area contributed by atoms with E-state index in [1.807, 2.05) is 18.4 Å². The summed E-state index contributed by atoms with van der Waals surface area (Å²) in [4.78, 5) is 4.20. The lowest BCUT2D eigenvalue weighted by atomic mass is 10.1. The Hall–Kier alpha value is -1.54. The van der Waals surface area contributed by atoms with Crippen molar-refractivity contribution >= 4 is 27.7 Å². The highest BCUT2D eigenvalue weighted by Crippen LogP contribution is 2.16. The third-order valence-electron chi connectivity index (χ3n) is 2.65. The summed E-state index contributed by atoms with van der Waals surface area (Å²) in [6, 6.07) is 6.84. The van der Waals surface area contributed by atoms with Crippen molar-refractivity contribution < 1.29 is 8.42 Å². The Morgan fingerprint density at radius 2 is 2.00 bits per heavy atom. The summed E-state index contributed by atoms with van der Waals surface area (Å²) >= 11 is 1.33. The van der Waals surface area contributed by atoms with Gasteiger partial charge in [-0.2, -0.15) is 4.98 Å². The molecule has 0 fully saturated rings. The molecule has 0 aliphatic rings. The standard InChI is InChI=1S/C12H16N4O2S2/c1-3-4-9-5-7-10(8-6-9)20(17,18)16-11-13-12(19-2)15-14-11/h5-8H,3-4H2,1-2H3,(H2,13,14,15,16). The first-order valence-electron chi connectivity index (χ1n) is 6.13. The molecule has 1 heterocycles. The predicted octanol–water partition coefficient (Wildman–Crippen LogP) is 2.28. The van der Waals surface area contributed by atoms with Crippen LogP contribution in [0.25, 0.3) is 0 Å². The van der Waals surface area contributed by atoms with Crippen molar-refractivity contribution in [3.05, 3.63) is 29.8 Å². The molecule has 0 saturated heterocycles. The molecule has 6 nitrogen and oxygen atoms in total. The molecule has 1 aromatic carbocycles. The van der Waals surface area contributed by atoms with E-state index in [1.165, 1.54) is 11.8 Å². The highest BCUT2D eigenvalue weighted by atomic mass is 32.2. The molecule has 0 unspecified atom stereocenters. The minimum Gasteiger partial charge on any atom is -0.248 e. The van der Waals surface area contributed by atoms with Gasteiger partial charge in [0.2, 0.25) is 11.1 Å². The molecule has 108 valence electrons. The molecule has 2 rings (SSSR count). The average Bonchev–Trinajstić information content (AvgIpc) is 2.87. The van der Waals surface area contributed by atoms with E-state index in [1.54, 1.807) is 12.1 Å². The van der Waals surface area contributed by atoms with E-state index in [4.69, 9.17) is 0 Å². The number of nitrogens with one attached hydrogen (secondary N) is 2. The second-order valence-corrected chi connectivity index (χ2v) is 6.63. The third kappa shape index (κ3) is 3.51. The second-order valence-electron chi connectivity index (χ2n) is 4.17. The molecule has 2 aromatic rings. The van der Waals surface area contributed by atoms with Crippen molar-refractivity contribution in [2.45, 2.75) is 29.8 Å². The van der Waals surface area contributed by atoms with Crippen LogP contribution in [0, 0.1) is 0 Å². The lowest BCUT2D eigenvalue weighted by Crippen LogP contribution is -2.14. The van der Waals surface area contributed by atoms with Crippen molar-refractivity contribution in [2.24, 2.45) is 0 Å². The molecule has 0 bridgehead atoms. The monoisotopic (exact) mass is 312 g/mol. The van der Waals surface area contributed by atoms with Crippen LogP contribution in [0.5, 0.6) is 0 Å². The smallest absolute Gasteiger partial charge is 0.248 e. The van der Waals surface area contributed by atoms with Crippen LogP contribution in [-0.4, -0.2) is 29.9 Å². The van der Waals surface area contributed by atoms with E-state index < -0.39 is 10.0 Å². The molecule has 0 aliphatic heterocycles. The van der Waals surface area contributed by atoms with Crippen LogP contribution in [0.2, 0.25) is 0 Å². The van der Waals surface area contributed by atoms with Gasteiger partial charge >= 0.3 is 0 Å². The first kappa shape index (κ1) is 14.9. The zero-order chi connectivity index (χ0) is 14.6. The maximum Gasteiger partial charge on any atom is 0.264 e. The van der Waals surface area contributed by atoms with Crippen molar-refractivity contribution in [1.82, 2.24) is 15.2 Å². The molecule has 1 aromatic heterocycles. The highest BCUT2D eigenvalue weighted by molar-refractivity contribution is 7.98. The zero-order valence-corrected chi connectivity index (χ0v) is 12.9. The minimum absolute atomic E-state index is 0.118. The average molecular weight is 312 g/mol. The van der Waals surface area contributed by atoms with Gasteiger partial charge < -0.3 is 0 Å². The highest BCUT2D eigenvalue weighted by Gasteiger charge is 2.16. The number of rotatable bonds is 6. The van der Waals surface area contributed by atoms with E-state index >= 15 is 0 Å². The van der Waals surface area contributed by atoms with E-state index in [0.29, 0.717) is 5.16 Å². The fourth-order valence-corrected chi connectivity index (χ4v) is 2.97. The number of thioether (sulfide) groups is 1. The SMILES string of the molecule is CCCc1ccc(S(=O)(=O)Nc2nc(SC)n[nH]2)cc1. The maximum atomic E-state index is 12.2. The van der Waals surface area contributed by atoms with Gasteiger partial charge in [-0.05, 0) is 30.4 Å². The van der Waals surface area contributed by atoms with Crippen molar-refractivity contribution in [1.29, 1.82) is 0 Å². The van der Waals surface area contributed by atoms with Gasteiger partial charge in [-0.25, -0.2) is 18.2 Å². The summed E-state index contributed by atoms with van der Waals surface area (Å²) in [5.74, 6) is 0.118. The lowest BCUT2D eigenvalue weighted by Gasteiger charge is -2.05. The Kier molecular flexibility index (Phi) is 4.66. The summed E-state index contributed by atoms with van der Waals surface area (Å²) in [5, 5.41) is 6.88. The Bertz CT molecular complexity index is 665. The van der Waals surface area contributed by atoms with Crippen LogP contribution in [0.15, 0.2) is 34.3 Å². The number of aromatic amines is 1. The number of sulfonamides is 1. The van der Waals surface area contributed by atoms with Gasteiger partial charge in [0, 0.05) is 0 Å². The normalized spacial score (nSPS) is 11.5. The first-order chi connectivity index (χ1) is 9.55. The number of hydrogen-bond acceptors (Lipinski definition) is 5. The zero-order valence-electron chi connectivity index (χ0n) is 11.3. The van der Waals surface area contributed by atoms with Gasteiger partial charge in [0.05, 0.1) is 4.90 Å². The summed E-state index contributed by atoms with van der Waals surface area (Å²) in [6.45, 7) is 2.08. The molecular weight excluding hydrogens is 296 g/mol. The van der Waals surface area contributed by atoms with Crippen molar-refractivity contribution in [3.63, 3.8) is 0 Å². The fraction of sp³-hybridized carbons (Fsp3) is 0.333. The Morgan fingerprint density at radius 1 is 1.30 bits per heavy atom. The van der Waals surface area contributed by atoms with Crippen LogP contribution < -0.4 is 4.72 Å². The number of anilines is 1. The number of benzene rings is 1. The molecular formula is C12H16N4O2S2. The topological polar surface area (TPSA) is 87.7 Å². The molecule has 0 amide bonds. The maximum absolute atomic E-state index is 12.2. The summed E-state index contributed by atoms with van der Waals surface area (Å²) < 4.78 is 26.7. The summed E-state index contributed by atoms with van der Waals surface area (Å²) in [6.07, 6.45) is 3.78. The molecule has 0 aliphatic carbocycles. The van der Waals surface area contributed by atoms with Crippen molar-refractivity contribution in [3.8, 4) is 0 Å². The van der Waals surface area contributed by atoms with E-state index in [0.717, 1.165) is 18.4 Å². The van der Waals surface area contributed by atoms with Gasteiger partial charge in [0.1, 0.15) is 0 Å². The van der Waals surface area contributed by atoms with Crippen LogP contribution >= 0.6 is 11.8 Å². The molecule has 0 atom stereocenters. The van der Waals surface area contributed by atoms with Crippen LogP contribution in [-0.2, 0) is 16.4 Å². The third-order valence-corrected chi connectivity index (χ3v) is 4.55. The van der Waals surface area contributed by atoms with Gasteiger partial charge in [0.15, 0.2) is 0 Å². The van der Waals surface area contributed by atoms with E-state index in [-0.39, 0.29) is 10.8 Å². The van der Waals surface area contributed by atoms with Crippen LogP contribution in [0.1, 0.15) is 18.9 Å². The second kappa shape index (κ2) is 6.27. The van der Waals surface area contributed by atoms with Gasteiger partial charge in [-0.15, -0.1) is 5.10 Å². The molecule has 0 saturated carbocycles. The first-order valence-corrected chi connectivity index (χ1v) is 8.84. The lowest BCUT2D eigenvalue weighted by molar-refractivity contribution is 0.601. The largest absolute Gasteiger partial charge is 0.264 e. The number of nitrogens with zero attached hydrogens (tertiary/aromatic N) is 2. The number of aromatic nitrogens is 3. The molecule has 0 radical (unpaired) electrons. The quantitative estimate of drug-likeness (QED) is 0.799. The minimum atomic E-state index is -3.63. The van der Waals surface area contributed by atoms with Crippen LogP contribution in [0.4, 0.5) is 5.95 Å². The summed E-state index contributed by atoms with van der Waals surface area (Å²) in [5.41, 5.74) is 1.12. The number of H-pyrrole nitrogens is 1. The number of aryl methyl sites for hydroxylation is 1. The van der Waals surface area contributed by atoms with Gasteiger partial charge in [-0.1, -0.05) is 37.2 Å². The molecule has 20 heavy (non-hydrogen) atoms. The molecule has 0 spiro atoms. The summed E-state index contributed by atoms with van der Waals surface area (Å²) in [7, 11) is -3.63. The fourth-order valence-electron chi connectivity index (χ4n) is 1.69. The van der Waals surface area contributed by atoms with E-state index in [9.17, 15) is 8.42 Å². The molecule has 8 heteroatoms. The number of hydrogen-bond donors (Lipinski definition) is 2. The Morgan fingerprint density at radius 3 is 2.55 bits per heavy atom. The Balaban J connectivity index is 2.17. The van der Waals surface area contributed by atoms with E-state index in [2.05, 4.69) is 26.8 Å². The van der Waals surface area contributed by atoms with Gasteiger partial charge in [-0.3, -0.25) is 0 Å².